The second-order valence-electron chi connectivity index (χ2n) is 7.31. The van der Waals surface area contributed by atoms with Crippen LogP contribution in [-0.2, 0) is 6.54 Å². The molecule has 0 radical (unpaired) electrons. The van der Waals surface area contributed by atoms with E-state index in [0.717, 1.165) is 22.2 Å². The second kappa shape index (κ2) is 9.18. The number of methoxy groups -OCH3 is 1. The molecule has 0 atom stereocenters. The minimum absolute atomic E-state index is 0.0349. The molecule has 0 amide bonds. The summed E-state index contributed by atoms with van der Waals surface area (Å²) >= 11 is 1.48. The van der Waals surface area contributed by atoms with Gasteiger partial charge in [-0.25, -0.2) is 4.68 Å². The quantitative estimate of drug-likeness (QED) is 0.336. The molecule has 0 bridgehead atoms. The van der Waals surface area contributed by atoms with Gasteiger partial charge in [-0.2, -0.15) is 5.10 Å². The van der Waals surface area contributed by atoms with E-state index in [2.05, 4.69) is 5.10 Å². The predicted octanol–water partition coefficient (Wildman–Crippen LogP) is 5.66. The fourth-order valence-corrected chi connectivity index (χ4v) is 4.29. The zero-order valence-electron chi connectivity index (χ0n) is 17.9. The van der Waals surface area contributed by atoms with Crippen LogP contribution in [0.3, 0.4) is 0 Å². The third-order valence-electron chi connectivity index (χ3n) is 5.17. The molecule has 6 nitrogen and oxygen atoms in total. The number of hydrogen-bond donors (Lipinski definition) is 1. The third kappa shape index (κ3) is 4.31. The van der Waals surface area contributed by atoms with Gasteiger partial charge in [0, 0.05) is 16.3 Å². The van der Waals surface area contributed by atoms with Crippen molar-refractivity contribution in [3.63, 3.8) is 0 Å². The number of phenols is 1. The van der Waals surface area contributed by atoms with E-state index in [1.807, 2.05) is 66.0 Å². The Kier molecular flexibility index (Phi) is 5.78. The van der Waals surface area contributed by atoms with E-state index >= 15 is 0 Å². The fraction of sp³-hybridized carbons (Fsp3) is 0.0769. The highest BCUT2D eigenvalue weighted by Gasteiger charge is 2.13. The van der Waals surface area contributed by atoms with Crippen LogP contribution in [0.2, 0.25) is 0 Å². The van der Waals surface area contributed by atoms with Crippen LogP contribution in [0.4, 0.5) is 0 Å². The molecular formula is C26H21N3O3S. The molecule has 0 unspecified atom stereocenters. The monoisotopic (exact) mass is 455 g/mol. The van der Waals surface area contributed by atoms with Gasteiger partial charge >= 0.3 is 0 Å². The molecule has 0 spiro atoms. The summed E-state index contributed by atoms with van der Waals surface area (Å²) < 4.78 is 13.0. The van der Waals surface area contributed by atoms with Crippen molar-refractivity contribution in [3.8, 4) is 23.0 Å². The summed E-state index contributed by atoms with van der Waals surface area (Å²) in [5.41, 5.74) is 3.24. The minimum Gasteiger partial charge on any atom is -0.504 e. The Bertz CT molecular complexity index is 1460. The van der Waals surface area contributed by atoms with Crippen molar-refractivity contribution >= 4 is 28.5 Å². The van der Waals surface area contributed by atoms with E-state index in [-0.39, 0.29) is 5.75 Å². The summed E-state index contributed by atoms with van der Waals surface area (Å²) in [6.45, 7) is 0.529. The molecule has 0 fully saturated rings. The lowest BCUT2D eigenvalue weighted by Gasteiger charge is -2.05. The van der Waals surface area contributed by atoms with Gasteiger partial charge in [0.15, 0.2) is 17.3 Å². The molecule has 164 valence electrons. The SMILES string of the molecule is COc1cccc(C=Nn2c(-c3cc4ccccc4o3)csc2=NCc2ccccc2)c1O. The van der Waals surface area contributed by atoms with Gasteiger partial charge in [-0.05, 0) is 29.8 Å². The van der Waals surface area contributed by atoms with Crippen LogP contribution >= 0.6 is 11.3 Å². The van der Waals surface area contributed by atoms with E-state index in [0.29, 0.717) is 28.4 Å². The minimum atomic E-state index is 0.0349. The van der Waals surface area contributed by atoms with Crippen molar-refractivity contribution in [2.45, 2.75) is 6.54 Å². The number of benzene rings is 3. The number of aromatic nitrogens is 1. The molecule has 0 saturated carbocycles. The molecule has 3 aromatic carbocycles. The number of phenolic OH excluding ortho intramolecular Hbond substituents is 1. The van der Waals surface area contributed by atoms with Gasteiger partial charge in [0.2, 0.25) is 4.80 Å². The molecular weight excluding hydrogens is 434 g/mol. The fourth-order valence-electron chi connectivity index (χ4n) is 3.47. The van der Waals surface area contributed by atoms with Crippen LogP contribution in [0.1, 0.15) is 11.1 Å². The molecule has 5 rings (SSSR count). The highest BCUT2D eigenvalue weighted by molar-refractivity contribution is 7.07. The summed E-state index contributed by atoms with van der Waals surface area (Å²) in [7, 11) is 1.52. The molecule has 0 aliphatic carbocycles. The second-order valence-corrected chi connectivity index (χ2v) is 8.14. The largest absolute Gasteiger partial charge is 0.504 e. The summed E-state index contributed by atoms with van der Waals surface area (Å²) in [6, 6.07) is 25.2. The summed E-state index contributed by atoms with van der Waals surface area (Å²) in [5, 5.41) is 18.1. The van der Waals surface area contributed by atoms with Crippen molar-refractivity contribution in [2.24, 2.45) is 10.1 Å². The van der Waals surface area contributed by atoms with Gasteiger partial charge in [0.25, 0.3) is 0 Å². The Labute approximate surface area is 194 Å². The Morgan fingerprint density at radius 1 is 1.03 bits per heavy atom. The van der Waals surface area contributed by atoms with Crippen molar-refractivity contribution in [2.75, 3.05) is 7.11 Å². The van der Waals surface area contributed by atoms with Crippen LogP contribution in [0, 0.1) is 0 Å². The van der Waals surface area contributed by atoms with Crippen LogP contribution in [0.15, 0.2) is 98.8 Å². The molecule has 1 N–H and O–H groups in total. The van der Waals surface area contributed by atoms with E-state index < -0.39 is 0 Å². The maximum atomic E-state index is 10.5. The van der Waals surface area contributed by atoms with Gasteiger partial charge in [-0.3, -0.25) is 4.99 Å². The van der Waals surface area contributed by atoms with Crippen LogP contribution in [-0.4, -0.2) is 23.1 Å². The highest BCUT2D eigenvalue weighted by atomic mass is 32.1. The summed E-state index contributed by atoms with van der Waals surface area (Å²) in [6.07, 6.45) is 1.60. The number of ether oxygens (including phenoxy) is 1. The number of aromatic hydroxyl groups is 1. The maximum absolute atomic E-state index is 10.5. The molecule has 33 heavy (non-hydrogen) atoms. The molecule has 0 aliphatic heterocycles. The molecule has 0 aliphatic rings. The van der Waals surface area contributed by atoms with Crippen molar-refractivity contribution in [1.29, 1.82) is 0 Å². The number of furan rings is 1. The standard InChI is InChI=1S/C26H21N3O3S/c1-31-23-13-7-11-20(25(23)30)16-28-29-21(24-14-19-10-5-6-12-22(19)32-24)17-33-26(29)27-15-18-8-3-2-4-9-18/h2-14,16-17,30H,15H2,1H3. The number of rotatable bonds is 6. The first-order chi connectivity index (χ1) is 16.2. The average Bonchev–Trinajstić information content (AvgIpc) is 3.46. The van der Waals surface area contributed by atoms with Crippen molar-refractivity contribution < 1.29 is 14.3 Å². The Morgan fingerprint density at radius 2 is 1.85 bits per heavy atom. The number of para-hydroxylation sites is 2. The molecule has 2 aromatic heterocycles. The lowest BCUT2D eigenvalue weighted by molar-refractivity contribution is 0.373. The van der Waals surface area contributed by atoms with Crippen LogP contribution in [0.5, 0.6) is 11.5 Å². The van der Waals surface area contributed by atoms with Gasteiger partial charge in [-0.15, -0.1) is 11.3 Å². The van der Waals surface area contributed by atoms with Crippen molar-refractivity contribution in [3.05, 3.63) is 100 Å². The first-order valence-corrected chi connectivity index (χ1v) is 11.2. The zero-order chi connectivity index (χ0) is 22.6. The van der Waals surface area contributed by atoms with Gasteiger partial charge in [0.1, 0.15) is 11.3 Å². The lowest BCUT2D eigenvalue weighted by Crippen LogP contribution is -2.12. The first kappa shape index (κ1) is 20.8. The lowest BCUT2D eigenvalue weighted by atomic mass is 10.2. The smallest absolute Gasteiger partial charge is 0.206 e. The van der Waals surface area contributed by atoms with Gasteiger partial charge in [-0.1, -0.05) is 54.6 Å². The third-order valence-corrected chi connectivity index (χ3v) is 6.02. The number of thiazole rings is 1. The average molecular weight is 456 g/mol. The van der Waals surface area contributed by atoms with Crippen LogP contribution < -0.4 is 9.54 Å². The normalized spacial score (nSPS) is 12.1. The van der Waals surface area contributed by atoms with E-state index in [1.54, 1.807) is 29.1 Å². The van der Waals surface area contributed by atoms with Gasteiger partial charge in [0.05, 0.1) is 19.9 Å². The Balaban J connectivity index is 1.60. The maximum Gasteiger partial charge on any atom is 0.206 e. The summed E-state index contributed by atoms with van der Waals surface area (Å²) in [4.78, 5) is 5.50. The number of fused-ring (bicyclic) bond motifs is 1. The van der Waals surface area contributed by atoms with Gasteiger partial charge < -0.3 is 14.3 Å². The van der Waals surface area contributed by atoms with E-state index in [4.69, 9.17) is 14.1 Å². The van der Waals surface area contributed by atoms with Crippen molar-refractivity contribution in [1.82, 2.24) is 4.68 Å². The molecule has 5 aromatic rings. The van der Waals surface area contributed by atoms with E-state index in [9.17, 15) is 5.11 Å². The van der Waals surface area contributed by atoms with E-state index in [1.165, 1.54) is 18.4 Å². The topological polar surface area (TPSA) is 72.2 Å². The predicted molar refractivity (Wildman–Crippen MR) is 131 cm³/mol. The zero-order valence-corrected chi connectivity index (χ0v) is 18.7. The Hall–Kier alpha value is -4.10. The first-order valence-electron chi connectivity index (χ1n) is 10.4. The van der Waals surface area contributed by atoms with Crippen LogP contribution in [0.25, 0.3) is 22.4 Å². The molecule has 2 heterocycles. The summed E-state index contributed by atoms with van der Waals surface area (Å²) in [5.74, 6) is 1.12. The number of nitrogens with zero attached hydrogens (tertiary/aromatic N) is 3. The Morgan fingerprint density at radius 3 is 2.67 bits per heavy atom. The molecule has 7 heteroatoms. The highest BCUT2D eigenvalue weighted by Crippen LogP contribution is 2.30. The number of hydrogen-bond acceptors (Lipinski definition) is 6. The molecule has 0 saturated heterocycles.